The average molecular weight is 485 g/mol. The summed E-state index contributed by atoms with van der Waals surface area (Å²) in [5, 5.41) is 5.82. The van der Waals surface area contributed by atoms with Gasteiger partial charge in [0.1, 0.15) is 17.4 Å². The zero-order chi connectivity index (χ0) is 25.4. The molecule has 1 amide bonds. The quantitative estimate of drug-likeness (QED) is 0.414. The molecule has 4 aromatic rings. The Balaban J connectivity index is 1.45. The second-order valence-corrected chi connectivity index (χ2v) is 9.60. The van der Waals surface area contributed by atoms with Crippen LogP contribution in [0.25, 0.3) is 16.7 Å². The highest BCUT2D eigenvalue weighted by molar-refractivity contribution is 5.95. The van der Waals surface area contributed by atoms with Gasteiger partial charge < -0.3 is 14.5 Å². The van der Waals surface area contributed by atoms with Crippen molar-refractivity contribution < 1.29 is 9.53 Å². The molecule has 2 aromatic heterocycles. The SMILES string of the molecule is COc1ccc(C(=O)N2CCN(c3nc(C(C)C)nc4c3c(C)nn4-c3ccc(C)cc3)CC2)cc1. The summed E-state index contributed by atoms with van der Waals surface area (Å²) >= 11 is 0. The molecule has 1 saturated heterocycles. The highest BCUT2D eigenvalue weighted by atomic mass is 16.5. The number of nitrogens with zero attached hydrogens (tertiary/aromatic N) is 6. The predicted octanol–water partition coefficient (Wildman–Crippen LogP) is 4.53. The van der Waals surface area contributed by atoms with Crippen molar-refractivity contribution in [3.63, 3.8) is 0 Å². The fourth-order valence-corrected chi connectivity index (χ4v) is 4.57. The number of carbonyl (C=O) groups excluding carboxylic acids is 1. The van der Waals surface area contributed by atoms with E-state index in [1.54, 1.807) is 7.11 Å². The lowest BCUT2D eigenvalue weighted by Gasteiger charge is -2.36. The van der Waals surface area contributed by atoms with Gasteiger partial charge in [-0.25, -0.2) is 14.6 Å². The van der Waals surface area contributed by atoms with Crippen molar-refractivity contribution in [2.75, 3.05) is 38.2 Å². The van der Waals surface area contributed by atoms with E-state index in [-0.39, 0.29) is 11.8 Å². The molecular weight excluding hydrogens is 452 g/mol. The molecular formula is C28H32N6O2. The first-order valence-corrected chi connectivity index (χ1v) is 12.4. The van der Waals surface area contributed by atoms with Gasteiger partial charge >= 0.3 is 0 Å². The van der Waals surface area contributed by atoms with Crippen molar-refractivity contribution in [3.05, 3.63) is 71.2 Å². The molecule has 1 fully saturated rings. The largest absolute Gasteiger partial charge is 0.497 e. The van der Waals surface area contributed by atoms with Crippen LogP contribution in [0.5, 0.6) is 5.75 Å². The number of aromatic nitrogens is 4. The van der Waals surface area contributed by atoms with Gasteiger partial charge in [-0.05, 0) is 50.2 Å². The molecule has 0 N–H and O–H groups in total. The second-order valence-electron chi connectivity index (χ2n) is 9.60. The Labute approximate surface area is 211 Å². The maximum Gasteiger partial charge on any atom is 0.253 e. The van der Waals surface area contributed by atoms with Gasteiger partial charge in [0, 0.05) is 37.7 Å². The highest BCUT2D eigenvalue weighted by Gasteiger charge is 2.27. The molecule has 0 saturated carbocycles. The minimum Gasteiger partial charge on any atom is -0.497 e. The Hall–Kier alpha value is -3.94. The van der Waals surface area contributed by atoms with Crippen LogP contribution < -0.4 is 9.64 Å². The van der Waals surface area contributed by atoms with Gasteiger partial charge in [0.05, 0.1) is 23.9 Å². The van der Waals surface area contributed by atoms with Crippen LogP contribution in [-0.4, -0.2) is 63.8 Å². The summed E-state index contributed by atoms with van der Waals surface area (Å²) in [5.41, 5.74) is 4.57. The highest BCUT2D eigenvalue weighted by Crippen LogP contribution is 2.31. The number of ether oxygens (including phenoxy) is 1. The van der Waals surface area contributed by atoms with Crippen LogP contribution in [0.15, 0.2) is 48.5 Å². The summed E-state index contributed by atoms with van der Waals surface area (Å²) < 4.78 is 7.13. The third kappa shape index (κ3) is 4.39. The Bertz CT molecular complexity index is 1380. The molecule has 0 radical (unpaired) electrons. The van der Waals surface area contributed by atoms with Crippen molar-refractivity contribution in [2.45, 2.75) is 33.6 Å². The minimum atomic E-state index is 0.0383. The molecule has 0 spiro atoms. The number of aryl methyl sites for hydroxylation is 2. The number of carbonyl (C=O) groups is 1. The fourth-order valence-electron chi connectivity index (χ4n) is 4.57. The number of hydrogen-bond donors (Lipinski definition) is 0. The van der Waals surface area contributed by atoms with E-state index in [4.69, 9.17) is 19.8 Å². The van der Waals surface area contributed by atoms with Crippen molar-refractivity contribution in [2.24, 2.45) is 0 Å². The summed E-state index contributed by atoms with van der Waals surface area (Å²) in [6.07, 6.45) is 0. The molecule has 186 valence electrons. The smallest absolute Gasteiger partial charge is 0.253 e. The van der Waals surface area contributed by atoms with E-state index in [0.29, 0.717) is 31.7 Å². The van der Waals surface area contributed by atoms with Crippen molar-refractivity contribution in [1.82, 2.24) is 24.6 Å². The summed E-state index contributed by atoms with van der Waals surface area (Å²) in [7, 11) is 1.62. The average Bonchev–Trinajstić information content (AvgIpc) is 3.24. The standard InChI is InChI=1S/C28H32N6O2/c1-18(2)25-29-26(24-20(4)31-34(27(24)30-25)22-10-6-19(3)7-11-22)32-14-16-33(17-15-32)28(35)21-8-12-23(36-5)13-9-21/h6-13,18H,14-17H2,1-5H3. The van der Waals surface area contributed by atoms with Gasteiger partial charge in [0.2, 0.25) is 0 Å². The van der Waals surface area contributed by atoms with Crippen LogP contribution >= 0.6 is 0 Å². The number of methoxy groups -OCH3 is 1. The number of anilines is 1. The summed E-state index contributed by atoms with van der Waals surface area (Å²) in [6.45, 7) is 10.9. The Morgan fingerprint density at radius 2 is 1.58 bits per heavy atom. The van der Waals surface area contributed by atoms with Gasteiger partial charge in [-0.1, -0.05) is 31.5 Å². The van der Waals surface area contributed by atoms with Crippen LogP contribution in [0, 0.1) is 13.8 Å². The van der Waals surface area contributed by atoms with E-state index in [1.807, 2.05) is 40.8 Å². The first kappa shape index (κ1) is 23.8. The predicted molar refractivity (Wildman–Crippen MR) is 141 cm³/mol. The van der Waals surface area contributed by atoms with Crippen LogP contribution in [-0.2, 0) is 0 Å². The third-order valence-electron chi connectivity index (χ3n) is 6.70. The number of hydrogen-bond acceptors (Lipinski definition) is 6. The number of fused-ring (bicyclic) bond motifs is 1. The van der Waals surface area contributed by atoms with Crippen LogP contribution in [0.4, 0.5) is 5.82 Å². The van der Waals surface area contributed by atoms with E-state index < -0.39 is 0 Å². The van der Waals surface area contributed by atoms with E-state index >= 15 is 0 Å². The fraction of sp³-hybridized carbons (Fsp3) is 0.357. The first-order valence-electron chi connectivity index (χ1n) is 12.4. The topological polar surface area (TPSA) is 76.4 Å². The lowest BCUT2D eigenvalue weighted by molar-refractivity contribution is 0.0746. The van der Waals surface area contributed by atoms with Crippen LogP contribution in [0.3, 0.4) is 0 Å². The Morgan fingerprint density at radius 3 is 2.19 bits per heavy atom. The molecule has 36 heavy (non-hydrogen) atoms. The van der Waals surface area contributed by atoms with Gasteiger partial charge in [-0.3, -0.25) is 4.79 Å². The zero-order valence-corrected chi connectivity index (χ0v) is 21.5. The van der Waals surface area contributed by atoms with Crippen molar-refractivity contribution in [3.8, 4) is 11.4 Å². The molecule has 1 aliphatic rings. The summed E-state index contributed by atoms with van der Waals surface area (Å²) in [4.78, 5) is 27.2. The monoisotopic (exact) mass is 484 g/mol. The molecule has 8 heteroatoms. The van der Waals surface area contributed by atoms with Gasteiger partial charge in [-0.2, -0.15) is 5.10 Å². The van der Waals surface area contributed by atoms with E-state index in [0.717, 1.165) is 39.8 Å². The molecule has 0 bridgehead atoms. The molecule has 0 unspecified atom stereocenters. The minimum absolute atomic E-state index is 0.0383. The number of piperazine rings is 1. The van der Waals surface area contributed by atoms with Crippen molar-refractivity contribution in [1.29, 1.82) is 0 Å². The van der Waals surface area contributed by atoms with Gasteiger partial charge in [0.25, 0.3) is 5.91 Å². The maximum absolute atomic E-state index is 13.1. The summed E-state index contributed by atoms with van der Waals surface area (Å²) in [5.74, 6) is 2.65. The Morgan fingerprint density at radius 1 is 0.917 bits per heavy atom. The molecule has 3 heterocycles. The van der Waals surface area contributed by atoms with E-state index in [2.05, 4.69) is 49.9 Å². The van der Waals surface area contributed by atoms with Crippen LogP contribution in [0.1, 0.15) is 47.2 Å². The molecule has 0 atom stereocenters. The van der Waals surface area contributed by atoms with E-state index in [9.17, 15) is 4.79 Å². The van der Waals surface area contributed by atoms with Crippen molar-refractivity contribution >= 4 is 22.8 Å². The normalized spacial score (nSPS) is 14.1. The summed E-state index contributed by atoms with van der Waals surface area (Å²) in [6, 6.07) is 15.6. The number of benzene rings is 2. The molecule has 2 aromatic carbocycles. The zero-order valence-electron chi connectivity index (χ0n) is 21.5. The lowest BCUT2D eigenvalue weighted by Crippen LogP contribution is -2.49. The Kier molecular flexibility index (Phi) is 6.35. The van der Waals surface area contributed by atoms with Gasteiger partial charge in [-0.15, -0.1) is 0 Å². The number of amides is 1. The van der Waals surface area contributed by atoms with Crippen LogP contribution in [0.2, 0.25) is 0 Å². The lowest BCUT2D eigenvalue weighted by atomic mass is 10.1. The second kappa shape index (κ2) is 9.60. The first-order chi connectivity index (χ1) is 17.4. The molecule has 1 aliphatic heterocycles. The van der Waals surface area contributed by atoms with Gasteiger partial charge in [0.15, 0.2) is 5.65 Å². The third-order valence-corrected chi connectivity index (χ3v) is 6.70. The van der Waals surface area contributed by atoms with E-state index in [1.165, 1.54) is 5.56 Å². The molecule has 8 nitrogen and oxygen atoms in total. The maximum atomic E-state index is 13.1. The molecule has 0 aliphatic carbocycles. The number of rotatable bonds is 5. The molecule has 5 rings (SSSR count).